The zero-order chi connectivity index (χ0) is 57.6. The van der Waals surface area contributed by atoms with Crippen molar-refractivity contribution < 1.29 is 42.9 Å². The van der Waals surface area contributed by atoms with Gasteiger partial charge in [0.15, 0.2) is 6.10 Å². The summed E-state index contributed by atoms with van der Waals surface area (Å²) in [6.07, 6.45) is 79.0. The van der Waals surface area contributed by atoms with E-state index in [0.717, 1.165) is 51.4 Å². The fourth-order valence-electron chi connectivity index (χ4n) is 9.18. The summed E-state index contributed by atoms with van der Waals surface area (Å²) >= 11 is 0. The second-order valence-electron chi connectivity index (χ2n) is 23.1. The first-order valence-electron chi connectivity index (χ1n) is 32.8. The van der Waals surface area contributed by atoms with E-state index in [4.69, 9.17) is 18.9 Å². The smallest absolute Gasteiger partial charge is 0.361 e. The lowest BCUT2D eigenvalue weighted by Gasteiger charge is -2.25. The van der Waals surface area contributed by atoms with Gasteiger partial charge in [-0.15, -0.1) is 0 Å². The van der Waals surface area contributed by atoms with E-state index in [1.54, 1.807) is 6.08 Å². The summed E-state index contributed by atoms with van der Waals surface area (Å²) in [6.45, 7) is 4.65. The Morgan fingerprint density at radius 3 is 1.14 bits per heavy atom. The van der Waals surface area contributed by atoms with Crippen LogP contribution in [0.1, 0.15) is 284 Å². The number of aliphatic carboxylic acids is 1. The molecule has 0 fully saturated rings. The summed E-state index contributed by atoms with van der Waals surface area (Å²) in [5, 5.41) is 9.69. The predicted molar refractivity (Wildman–Crippen MR) is 336 cm³/mol. The molecule has 0 aromatic rings. The zero-order valence-corrected chi connectivity index (χ0v) is 52.0. The Morgan fingerprint density at radius 2 is 0.759 bits per heavy atom. The van der Waals surface area contributed by atoms with E-state index in [9.17, 15) is 19.5 Å². The van der Waals surface area contributed by atoms with E-state index in [1.807, 2.05) is 33.3 Å². The summed E-state index contributed by atoms with van der Waals surface area (Å²) in [6, 6.07) is 0. The highest BCUT2D eigenvalue weighted by Gasteiger charge is 2.25. The van der Waals surface area contributed by atoms with Crippen LogP contribution in [0.25, 0.3) is 0 Å². The highest BCUT2D eigenvalue weighted by molar-refractivity contribution is 5.72. The summed E-state index contributed by atoms with van der Waals surface area (Å²) in [4.78, 5) is 37.3. The SMILES string of the molecule is CC/C=C\C/C=C\C/C=C\C/C=C\C/C=C\CC(=O)OC(COC(=O)CCCCCCCCCCCCCCCCCCCCCCCCCCCCC/C=C\C/C=C\CCCCCCC)COC(OCC[N+](C)(C)C)C(=O)O. The van der Waals surface area contributed by atoms with Crippen LogP contribution in [0.15, 0.2) is 85.1 Å². The molecule has 79 heavy (non-hydrogen) atoms. The molecule has 0 saturated heterocycles. The van der Waals surface area contributed by atoms with Crippen LogP contribution in [0.5, 0.6) is 0 Å². The fourth-order valence-corrected chi connectivity index (χ4v) is 9.18. The largest absolute Gasteiger partial charge is 0.477 e. The van der Waals surface area contributed by atoms with E-state index < -0.39 is 24.3 Å². The molecule has 0 bridgehead atoms. The van der Waals surface area contributed by atoms with Crippen molar-refractivity contribution in [2.24, 2.45) is 0 Å². The Labute approximate surface area is 487 Å². The first kappa shape index (κ1) is 75.5. The standard InChI is InChI=1S/C70H123NO8/c1-6-8-10-12-14-16-18-20-22-23-24-25-26-27-28-29-30-31-32-33-34-35-36-37-38-39-40-41-42-43-44-45-47-48-50-52-54-56-58-60-67(72)77-64-66(65-78-70(69(74)75)76-63-62-71(3,4)5)79-68(73)61-59-57-55-53-51-49-46-21-19-17-15-13-11-9-7-2/h9,11,15,17-18,20-21,23-24,46,51,53,57,59,66,70H,6-8,10,12-14,16,19,22,25-45,47-50,52,54-56,58,60-65H2,1-5H3/p+1/b11-9-,17-15-,20-18-,24-23-,46-21-,53-51-,59-57-. The minimum absolute atomic E-state index is 0.0266. The van der Waals surface area contributed by atoms with Crippen molar-refractivity contribution in [2.45, 2.75) is 296 Å². The van der Waals surface area contributed by atoms with Crippen molar-refractivity contribution in [1.82, 2.24) is 0 Å². The molecule has 0 heterocycles. The molecule has 0 aromatic heterocycles. The Kier molecular flexibility index (Phi) is 57.9. The summed E-state index contributed by atoms with van der Waals surface area (Å²) < 4.78 is 22.7. The molecule has 456 valence electrons. The molecule has 0 aliphatic heterocycles. The van der Waals surface area contributed by atoms with Crippen LogP contribution >= 0.6 is 0 Å². The van der Waals surface area contributed by atoms with Gasteiger partial charge in [0.05, 0.1) is 40.8 Å². The zero-order valence-electron chi connectivity index (χ0n) is 52.0. The minimum atomic E-state index is -1.54. The number of rotatable bonds is 60. The second kappa shape index (κ2) is 60.6. The molecule has 0 spiro atoms. The lowest BCUT2D eigenvalue weighted by Crippen LogP contribution is -2.40. The Bertz CT molecular complexity index is 1570. The average Bonchev–Trinajstić information content (AvgIpc) is 3.42. The summed E-state index contributed by atoms with van der Waals surface area (Å²) in [7, 11) is 5.94. The van der Waals surface area contributed by atoms with Crippen LogP contribution in [0.4, 0.5) is 0 Å². The third-order valence-corrected chi connectivity index (χ3v) is 14.2. The number of carbonyl (C=O) groups excluding carboxylic acids is 2. The molecule has 0 aliphatic carbocycles. The maximum absolute atomic E-state index is 12.8. The molecule has 0 rings (SSSR count). The van der Waals surface area contributed by atoms with Crippen LogP contribution in [0.3, 0.4) is 0 Å². The number of allylic oxidation sites excluding steroid dienone is 13. The number of unbranched alkanes of at least 4 members (excludes halogenated alkanes) is 32. The van der Waals surface area contributed by atoms with Gasteiger partial charge in [-0.1, -0.05) is 285 Å². The van der Waals surface area contributed by atoms with Gasteiger partial charge in [0.2, 0.25) is 0 Å². The monoisotopic (exact) mass is 1110 g/mol. The number of hydrogen-bond acceptors (Lipinski definition) is 7. The number of hydrogen-bond donors (Lipinski definition) is 1. The molecule has 0 saturated carbocycles. The molecule has 0 amide bonds. The van der Waals surface area contributed by atoms with E-state index in [-0.39, 0.29) is 38.6 Å². The van der Waals surface area contributed by atoms with E-state index in [0.29, 0.717) is 17.4 Å². The van der Waals surface area contributed by atoms with Gasteiger partial charge in [-0.05, 0) is 70.6 Å². The van der Waals surface area contributed by atoms with Gasteiger partial charge >= 0.3 is 17.9 Å². The normalized spacial score (nSPS) is 13.3. The van der Waals surface area contributed by atoms with Gasteiger partial charge in [-0.3, -0.25) is 9.59 Å². The third-order valence-electron chi connectivity index (χ3n) is 14.2. The van der Waals surface area contributed by atoms with Gasteiger partial charge in [-0.2, -0.15) is 0 Å². The van der Waals surface area contributed by atoms with Crippen molar-refractivity contribution in [1.29, 1.82) is 0 Å². The lowest BCUT2D eigenvalue weighted by molar-refractivity contribution is -0.870. The van der Waals surface area contributed by atoms with E-state index in [1.165, 1.54) is 199 Å². The van der Waals surface area contributed by atoms with Crippen molar-refractivity contribution in [3.63, 3.8) is 0 Å². The molecule has 9 nitrogen and oxygen atoms in total. The van der Waals surface area contributed by atoms with Gasteiger partial charge in [0.1, 0.15) is 13.2 Å². The molecular formula is C70H124NO8+. The first-order valence-corrected chi connectivity index (χ1v) is 32.8. The van der Waals surface area contributed by atoms with Gasteiger partial charge in [-0.25, -0.2) is 4.79 Å². The van der Waals surface area contributed by atoms with Crippen LogP contribution in [-0.4, -0.2) is 87.4 Å². The third kappa shape index (κ3) is 61.9. The Balaban J connectivity index is 3.98. The maximum Gasteiger partial charge on any atom is 0.361 e. The first-order chi connectivity index (χ1) is 38.6. The molecule has 1 N–H and O–H groups in total. The Morgan fingerprint density at radius 1 is 0.405 bits per heavy atom. The maximum atomic E-state index is 12.8. The fraction of sp³-hybridized carbons (Fsp3) is 0.757. The van der Waals surface area contributed by atoms with Gasteiger partial charge in [0, 0.05) is 6.42 Å². The number of carboxylic acids is 1. The number of ether oxygens (including phenoxy) is 4. The summed E-state index contributed by atoms with van der Waals surface area (Å²) in [5.74, 6) is -2.17. The van der Waals surface area contributed by atoms with Crippen LogP contribution in [0.2, 0.25) is 0 Å². The minimum Gasteiger partial charge on any atom is -0.477 e. The Hall–Kier alpha value is -3.53. The lowest BCUT2D eigenvalue weighted by atomic mass is 10.0. The van der Waals surface area contributed by atoms with Crippen molar-refractivity contribution in [2.75, 3.05) is 47.5 Å². The van der Waals surface area contributed by atoms with Crippen LogP contribution in [0, 0.1) is 0 Å². The molecular weight excluding hydrogens is 983 g/mol. The molecule has 0 aromatic carbocycles. The topological polar surface area (TPSA) is 108 Å². The number of nitrogens with zero attached hydrogens (tertiary/aromatic N) is 1. The number of likely N-dealkylation sites (N-methyl/N-ethyl adjacent to an activating group) is 1. The molecule has 0 radical (unpaired) electrons. The van der Waals surface area contributed by atoms with E-state index in [2.05, 4.69) is 80.7 Å². The average molecular weight is 1110 g/mol. The number of quaternary nitrogens is 1. The summed E-state index contributed by atoms with van der Waals surface area (Å²) in [5.41, 5.74) is 0. The van der Waals surface area contributed by atoms with Gasteiger partial charge < -0.3 is 28.5 Å². The van der Waals surface area contributed by atoms with Crippen molar-refractivity contribution in [3.8, 4) is 0 Å². The molecule has 2 unspecified atom stereocenters. The number of carbonyl (C=O) groups is 3. The predicted octanol–water partition coefficient (Wildman–Crippen LogP) is 19.9. The highest BCUT2D eigenvalue weighted by Crippen LogP contribution is 2.17. The van der Waals surface area contributed by atoms with Crippen LogP contribution in [-0.2, 0) is 33.3 Å². The van der Waals surface area contributed by atoms with Crippen molar-refractivity contribution in [3.05, 3.63) is 85.1 Å². The van der Waals surface area contributed by atoms with Gasteiger partial charge in [0.25, 0.3) is 6.29 Å². The molecule has 0 aliphatic rings. The molecule has 9 heteroatoms. The second-order valence-corrected chi connectivity index (χ2v) is 23.1. The van der Waals surface area contributed by atoms with Crippen LogP contribution < -0.4 is 0 Å². The highest BCUT2D eigenvalue weighted by atomic mass is 16.7. The quantitative estimate of drug-likeness (QED) is 0.0211. The van der Waals surface area contributed by atoms with Crippen molar-refractivity contribution >= 4 is 17.9 Å². The number of esters is 2. The molecule has 2 atom stereocenters. The van der Waals surface area contributed by atoms with E-state index >= 15 is 0 Å². The number of carboxylic acid groups (broad SMARTS) is 1.